The molecule has 0 radical (unpaired) electrons. The van der Waals surface area contributed by atoms with E-state index in [0.717, 1.165) is 16.9 Å². The summed E-state index contributed by atoms with van der Waals surface area (Å²) in [6.07, 6.45) is 0. The highest BCUT2D eigenvalue weighted by molar-refractivity contribution is 5.93. The molecule has 4 nitrogen and oxygen atoms in total. The molecule has 1 amide bonds. The molecule has 0 unspecified atom stereocenters. The summed E-state index contributed by atoms with van der Waals surface area (Å²) in [7, 11) is 0. The van der Waals surface area contributed by atoms with Gasteiger partial charge in [0.2, 0.25) is 0 Å². The molecule has 0 aromatic heterocycles. The molecular formula is C23H32N2O2. The Morgan fingerprint density at radius 2 is 1.67 bits per heavy atom. The lowest BCUT2D eigenvalue weighted by molar-refractivity contribution is -0.118. The fourth-order valence-corrected chi connectivity index (χ4v) is 2.81. The predicted octanol–water partition coefficient (Wildman–Crippen LogP) is 5.19. The van der Waals surface area contributed by atoms with Crippen molar-refractivity contribution in [2.75, 3.05) is 17.7 Å². The van der Waals surface area contributed by atoms with Crippen molar-refractivity contribution in [1.82, 2.24) is 0 Å². The fraction of sp³-hybridized carbons (Fsp3) is 0.435. The number of carbonyl (C=O) groups is 1. The summed E-state index contributed by atoms with van der Waals surface area (Å²) >= 11 is 0. The Bertz CT molecular complexity index is 827. The molecule has 0 bridgehead atoms. The van der Waals surface area contributed by atoms with E-state index in [4.69, 9.17) is 10.5 Å². The van der Waals surface area contributed by atoms with Crippen LogP contribution in [0.25, 0.3) is 0 Å². The van der Waals surface area contributed by atoms with Gasteiger partial charge in [-0.1, -0.05) is 59.7 Å². The van der Waals surface area contributed by atoms with Gasteiger partial charge in [-0.3, -0.25) is 4.79 Å². The highest BCUT2D eigenvalue weighted by Crippen LogP contribution is 2.35. The third-order valence-electron chi connectivity index (χ3n) is 4.55. The van der Waals surface area contributed by atoms with Gasteiger partial charge in [0.1, 0.15) is 5.75 Å². The first-order chi connectivity index (χ1) is 12.4. The van der Waals surface area contributed by atoms with E-state index in [-0.39, 0.29) is 23.3 Å². The quantitative estimate of drug-likeness (QED) is 0.730. The summed E-state index contributed by atoms with van der Waals surface area (Å²) in [5, 5.41) is 2.87. The molecular weight excluding hydrogens is 336 g/mol. The van der Waals surface area contributed by atoms with Crippen LogP contribution in [0.2, 0.25) is 0 Å². The summed E-state index contributed by atoms with van der Waals surface area (Å²) < 4.78 is 5.89. The van der Waals surface area contributed by atoms with Crippen LogP contribution >= 0.6 is 0 Å². The summed E-state index contributed by atoms with van der Waals surface area (Å²) in [6.45, 7) is 14.9. The van der Waals surface area contributed by atoms with Crippen molar-refractivity contribution in [2.45, 2.75) is 59.3 Å². The van der Waals surface area contributed by atoms with E-state index in [2.05, 4.69) is 59.0 Å². The van der Waals surface area contributed by atoms with Gasteiger partial charge >= 0.3 is 0 Å². The van der Waals surface area contributed by atoms with Gasteiger partial charge in [-0.25, -0.2) is 0 Å². The molecule has 0 saturated carbocycles. The first-order valence-corrected chi connectivity index (χ1v) is 9.32. The zero-order valence-corrected chi connectivity index (χ0v) is 17.6. The van der Waals surface area contributed by atoms with Crippen LogP contribution in [0.5, 0.6) is 5.75 Å². The van der Waals surface area contributed by atoms with Crippen molar-refractivity contribution in [3.63, 3.8) is 0 Å². The largest absolute Gasteiger partial charge is 0.483 e. The Balaban J connectivity index is 2.17. The number of anilines is 2. The molecule has 4 heteroatoms. The Morgan fingerprint density at radius 1 is 1.00 bits per heavy atom. The van der Waals surface area contributed by atoms with Crippen LogP contribution in [0.3, 0.4) is 0 Å². The number of amides is 1. The van der Waals surface area contributed by atoms with Crippen LogP contribution in [0.4, 0.5) is 11.4 Å². The van der Waals surface area contributed by atoms with Crippen LogP contribution in [-0.4, -0.2) is 12.5 Å². The summed E-state index contributed by atoms with van der Waals surface area (Å²) in [5.74, 6) is 0.540. The van der Waals surface area contributed by atoms with E-state index < -0.39 is 0 Å². The molecule has 3 N–H and O–H groups in total. The minimum atomic E-state index is -0.205. The minimum Gasteiger partial charge on any atom is -0.483 e. The van der Waals surface area contributed by atoms with E-state index in [1.807, 2.05) is 25.1 Å². The topological polar surface area (TPSA) is 64.3 Å². The number of benzene rings is 2. The third-order valence-corrected chi connectivity index (χ3v) is 4.55. The average Bonchev–Trinajstić information content (AvgIpc) is 2.54. The van der Waals surface area contributed by atoms with Crippen molar-refractivity contribution in [3.05, 3.63) is 53.1 Å². The van der Waals surface area contributed by atoms with Crippen molar-refractivity contribution >= 4 is 17.3 Å². The molecule has 2 aromatic rings. The van der Waals surface area contributed by atoms with E-state index >= 15 is 0 Å². The summed E-state index contributed by atoms with van der Waals surface area (Å²) in [6, 6.07) is 11.7. The number of nitrogens with two attached hydrogens (primary N) is 1. The number of hydrogen-bond acceptors (Lipinski definition) is 3. The Kier molecular flexibility index (Phi) is 5.88. The first kappa shape index (κ1) is 20.8. The van der Waals surface area contributed by atoms with Gasteiger partial charge in [0.25, 0.3) is 5.91 Å². The summed E-state index contributed by atoms with van der Waals surface area (Å²) in [4.78, 5) is 12.4. The molecule has 0 heterocycles. The maximum Gasteiger partial charge on any atom is 0.262 e. The van der Waals surface area contributed by atoms with Gasteiger partial charge in [-0.2, -0.15) is 0 Å². The lowest BCUT2D eigenvalue weighted by atomic mass is 9.80. The second-order valence-corrected chi connectivity index (χ2v) is 9.12. The lowest BCUT2D eigenvalue weighted by Crippen LogP contribution is -2.23. The van der Waals surface area contributed by atoms with Gasteiger partial charge in [-0.05, 0) is 52.6 Å². The number of carbonyl (C=O) groups excluding carboxylic acids is 1. The van der Waals surface area contributed by atoms with Gasteiger partial charge in [0.05, 0.1) is 0 Å². The van der Waals surface area contributed by atoms with Gasteiger partial charge in [0.15, 0.2) is 6.61 Å². The van der Waals surface area contributed by atoms with E-state index in [1.165, 1.54) is 5.56 Å². The standard InChI is InChI=1S/C23H32N2O2/c1-15-8-10-17(24)13-19(15)25-21(26)14-27-20-11-9-16(22(2,3)4)12-18(20)23(5,6)7/h8-13H,14,24H2,1-7H3,(H,25,26). The molecule has 0 saturated heterocycles. The molecule has 0 aliphatic heterocycles. The molecule has 27 heavy (non-hydrogen) atoms. The summed E-state index contributed by atoms with van der Waals surface area (Å²) in [5.41, 5.74) is 10.4. The molecule has 2 rings (SSSR count). The van der Waals surface area contributed by atoms with Crippen LogP contribution in [0.15, 0.2) is 36.4 Å². The number of hydrogen-bond donors (Lipinski definition) is 2. The monoisotopic (exact) mass is 368 g/mol. The van der Waals surface area contributed by atoms with Crippen molar-refractivity contribution in [1.29, 1.82) is 0 Å². The van der Waals surface area contributed by atoms with Crippen LogP contribution in [-0.2, 0) is 15.6 Å². The number of aryl methyl sites for hydroxylation is 1. The van der Waals surface area contributed by atoms with Gasteiger partial charge in [0, 0.05) is 11.4 Å². The fourth-order valence-electron chi connectivity index (χ4n) is 2.81. The maximum absolute atomic E-state index is 12.4. The molecule has 0 aliphatic rings. The van der Waals surface area contributed by atoms with E-state index in [1.54, 1.807) is 6.07 Å². The van der Waals surface area contributed by atoms with Crippen molar-refractivity contribution in [2.24, 2.45) is 0 Å². The van der Waals surface area contributed by atoms with Crippen molar-refractivity contribution in [3.8, 4) is 5.75 Å². The molecule has 0 fully saturated rings. The number of nitrogen functional groups attached to an aromatic ring is 1. The Labute approximate surface area is 163 Å². The minimum absolute atomic E-state index is 0.0494. The molecule has 146 valence electrons. The zero-order valence-electron chi connectivity index (χ0n) is 17.6. The van der Waals surface area contributed by atoms with Crippen LogP contribution in [0.1, 0.15) is 58.2 Å². The molecule has 0 spiro atoms. The maximum atomic E-state index is 12.4. The second kappa shape index (κ2) is 7.63. The van der Waals surface area contributed by atoms with Crippen LogP contribution < -0.4 is 15.8 Å². The van der Waals surface area contributed by atoms with E-state index in [9.17, 15) is 4.79 Å². The molecule has 0 aliphatic carbocycles. The molecule has 2 aromatic carbocycles. The first-order valence-electron chi connectivity index (χ1n) is 9.32. The Morgan fingerprint density at radius 3 is 2.26 bits per heavy atom. The number of rotatable bonds is 4. The lowest BCUT2D eigenvalue weighted by Gasteiger charge is -2.27. The number of ether oxygens (including phenoxy) is 1. The van der Waals surface area contributed by atoms with Gasteiger partial charge < -0.3 is 15.8 Å². The normalized spacial score (nSPS) is 12.0. The smallest absolute Gasteiger partial charge is 0.262 e. The van der Waals surface area contributed by atoms with Crippen LogP contribution in [0, 0.1) is 6.92 Å². The third kappa shape index (κ3) is 5.49. The van der Waals surface area contributed by atoms with E-state index in [0.29, 0.717) is 11.4 Å². The molecule has 0 atom stereocenters. The second-order valence-electron chi connectivity index (χ2n) is 9.12. The predicted molar refractivity (Wildman–Crippen MR) is 114 cm³/mol. The SMILES string of the molecule is Cc1ccc(N)cc1NC(=O)COc1ccc(C(C)(C)C)cc1C(C)(C)C. The van der Waals surface area contributed by atoms with Gasteiger partial charge in [-0.15, -0.1) is 0 Å². The Hall–Kier alpha value is -2.49. The number of nitrogens with one attached hydrogen (secondary N) is 1. The zero-order chi connectivity index (χ0) is 20.4. The van der Waals surface area contributed by atoms with Crippen molar-refractivity contribution < 1.29 is 9.53 Å². The highest BCUT2D eigenvalue weighted by atomic mass is 16.5. The highest BCUT2D eigenvalue weighted by Gasteiger charge is 2.23. The average molecular weight is 369 g/mol.